The van der Waals surface area contributed by atoms with E-state index in [1.54, 1.807) is 12.1 Å². The third-order valence-electron chi connectivity index (χ3n) is 2.77. The Morgan fingerprint density at radius 3 is 2.60 bits per heavy atom. The van der Waals surface area contributed by atoms with Crippen LogP contribution in [0.1, 0.15) is 20.7 Å². The van der Waals surface area contributed by atoms with E-state index in [1.807, 2.05) is 0 Å². The molecule has 1 amide bonds. The highest BCUT2D eigenvalue weighted by molar-refractivity contribution is 6.08. The molecule has 0 unspecified atom stereocenters. The minimum atomic E-state index is -1.14. The number of aromatic nitrogens is 1. The number of hydrogen-bond donors (Lipinski definition) is 1. The average molecular weight is 274 g/mol. The quantitative estimate of drug-likeness (QED) is 0.871. The van der Waals surface area contributed by atoms with Crippen LogP contribution in [0.3, 0.4) is 0 Å². The van der Waals surface area contributed by atoms with Gasteiger partial charge in [-0.25, -0.2) is 9.78 Å². The molecule has 0 aliphatic heterocycles. The zero-order valence-corrected chi connectivity index (χ0v) is 10.6. The van der Waals surface area contributed by atoms with Crippen molar-refractivity contribution in [3.05, 3.63) is 59.7 Å². The van der Waals surface area contributed by atoms with Crippen molar-refractivity contribution in [2.24, 2.45) is 0 Å². The van der Waals surface area contributed by atoms with Crippen LogP contribution in [0.25, 0.3) is 0 Å². The van der Waals surface area contributed by atoms with Gasteiger partial charge in [0.1, 0.15) is 0 Å². The van der Waals surface area contributed by atoms with E-state index < -0.39 is 17.8 Å². The monoisotopic (exact) mass is 274 g/mol. The van der Waals surface area contributed by atoms with Crippen molar-refractivity contribution in [1.29, 1.82) is 0 Å². The van der Waals surface area contributed by atoms with Crippen molar-refractivity contribution >= 4 is 17.6 Å². The normalized spacial score (nSPS) is 10.1. The van der Waals surface area contributed by atoms with Crippen LogP contribution in [0.4, 0.5) is 10.1 Å². The van der Waals surface area contributed by atoms with Crippen molar-refractivity contribution in [3.63, 3.8) is 0 Å². The summed E-state index contributed by atoms with van der Waals surface area (Å²) in [4.78, 5) is 27.9. The second kappa shape index (κ2) is 5.48. The molecule has 0 aliphatic carbocycles. The Kier molecular flexibility index (Phi) is 3.74. The lowest BCUT2D eigenvalue weighted by atomic mass is 10.1. The van der Waals surface area contributed by atoms with Crippen LogP contribution >= 0.6 is 0 Å². The Hall–Kier alpha value is -2.76. The van der Waals surface area contributed by atoms with Gasteiger partial charge in [-0.05, 0) is 18.2 Å². The number of aromatic carboxylic acids is 1. The summed E-state index contributed by atoms with van der Waals surface area (Å²) in [5.74, 6) is -2.42. The summed E-state index contributed by atoms with van der Waals surface area (Å²) in [6.45, 7) is 0. The SMILES string of the molecule is CN(C(=O)c1ccnc(F)c1)c1ccccc1C(=O)O. The fourth-order valence-electron chi connectivity index (χ4n) is 1.79. The number of para-hydroxylation sites is 1. The van der Waals surface area contributed by atoms with E-state index in [0.29, 0.717) is 0 Å². The number of benzene rings is 1. The first-order valence-corrected chi connectivity index (χ1v) is 5.72. The van der Waals surface area contributed by atoms with E-state index >= 15 is 0 Å². The van der Waals surface area contributed by atoms with Gasteiger partial charge in [-0.3, -0.25) is 4.79 Å². The van der Waals surface area contributed by atoms with Gasteiger partial charge >= 0.3 is 5.97 Å². The predicted octanol–water partition coefficient (Wildman–Crippen LogP) is 2.20. The minimum Gasteiger partial charge on any atom is -0.478 e. The van der Waals surface area contributed by atoms with Gasteiger partial charge in [0.2, 0.25) is 5.95 Å². The predicted molar refractivity (Wildman–Crippen MR) is 70.3 cm³/mol. The first kappa shape index (κ1) is 13.7. The summed E-state index contributed by atoms with van der Waals surface area (Å²) in [5.41, 5.74) is 0.334. The molecule has 0 radical (unpaired) electrons. The first-order valence-electron chi connectivity index (χ1n) is 5.72. The summed E-state index contributed by atoms with van der Waals surface area (Å²) in [6, 6.07) is 8.47. The van der Waals surface area contributed by atoms with Crippen LogP contribution in [0.2, 0.25) is 0 Å². The minimum absolute atomic E-state index is 0.00196. The Labute approximate surface area is 114 Å². The van der Waals surface area contributed by atoms with E-state index in [0.717, 1.165) is 11.0 Å². The van der Waals surface area contributed by atoms with Crippen molar-refractivity contribution in [2.45, 2.75) is 0 Å². The Balaban J connectivity index is 2.39. The number of carbonyl (C=O) groups is 2. The molecule has 1 heterocycles. The van der Waals surface area contributed by atoms with Gasteiger partial charge in [-0.1, -0.05) is 12.1 Å². The Morgan fingerprint density at radius 2 is 1.95 bits per heavy atom. The topological polar surface area (TPSA) is 70.5 Å². The maximum absolute atomic E-state index is 13.0. The lowest BCUT2D eigenvalue weighted by molar-refractivity contribution is 0.0697. The van der Waals surface area contributed by atoms with Gasteiger partial charge in [0.05, 0.1) is 11.3 Å². The van der Waals surface area contributed by atoms with Crippen LogP contribution < -0.4 is 4.90 Å². The van der Waals surface area contributed by atoms with Crippen LogP contribution in [-0.2, 0) is 0 Å². The van der Waals surface area contributed by atoms with Gasteiger partial charge in [0.15, 0.2) is 0 Å². The number of nitrogens with zero attached hydrogens (tertiary/aromatic N) is 2. The second-order valence-corrected chi connectivity index (χ2v) is 4.05. The molecule has 0 saturated carbocycles. The highest BCUT2D eigenvalue weighted by Gasteiger charge is 2.19. The van der Waals surface area contributed by atoms with Crippen LogP contribution in [0, 0.1) is 5.95 Å². The maximum Gasteiger partial charge on any atom is 0.337 e. The van der Waals surface area contributed by atoms with Crippen molar-refractivity contribution < 1.29 is 19.1 Å². The lowest BCUT2D eigenvalue weighted by Gasteiger charge is -2.19. The fraction of sp³-hybridized carbons (Fsp3) is 0.0714. The molecular formula is C14H11FN2O3. The zero-order valence-electron chi connectivity index (χ0n) is 10.6. The van der Waals surface area contributed by atoms with Crippen LogP contribution in [0.5, 0.6) is 0 Å². The molecule has 0 spiro atoms. The molecule has 102 valence electrons. The molecule has 1 N–H and O–H groups in total. The molecule has 2 aromatic rings. The van der Waals surface area contributed by atoms with Gasteiger partial charge in [0, 0.05) is 24.9 Å². The first-order chi connectivity index (χ1) is 9.50. The average Bonchev–Trinajstić information content (AvgIpc) is 2.45. The number of halogens is 1. The second-order valence-electron chi connectivity index (χ2n) is 4.05. The van der Waals surface area contributed by atoms with E-state index in [2.05, 4.69) is 4.98 Å². The van der Waals surface area contributed by atoms with E-state index in [4.69, 9.17) is 5.11 Å². The fourth-order valence-corrected chi connectivity index (χ4v) is 1.79. The number of hydrogen-bond acceptors (Lipinski definition) is 3. The summed E-state index contributed by atoms with van der Waals surface area (Å²) in [6.07, 6.45) is 1.18. The van der Waals surface area contributed by atoms with Crippen LogP contribution in [-0.4, -0.2) is 29.0 Å². The summed E-state index contributed by atoms with van der Waals surface area (Å²) < 4.78 is 13.0. The number of carbonyl (C=O) groups excluding carboxylic acids is 1. The van der Waals surface area contributed by atoms with Crippen molar-refractivity contribution in [2.75, 3.05) is 11.9 Å². The van der Waals surface area contributed by atoms with E-state index in [9.17, 15) is 14.0 Å². The number of anilines is 1. The van der Waals surface area contributed by atoms with E-state index in [1.165, 1.54) is 31.4 Å². The van der Waals surface area contributed by atoms with Gasteiger partial charge in [0.25, 0.3) is 5.91 Å². The molecule has 0 aliphatic rings. The molecule has 0 fully saturated rings. The van der Waals surface area contributed by atoms with Gasteiger partial charge in [-0.2, -0.15) is 4.39 Å². The highest BCUT2D eigenvalue weighted by Crippen LogP contribution is 2.21. The molecule has 20 heavy (non-hydrogen) atoms. The molecule has 5 nitrogen and oxygen atoms in total. The largest absolute Gasteiger partial charge is 0.478 e. The molecule has 1 aromatic carbocycles. The highest BCUT2D eigenvalue weighted by atomic mass is 19.1. The maximum atomic E-state index is 13.0. The number of rotatable bonds is 3. The van der Waals surface area contributed by atoms with E-state index in [-0.39, 0.29) is 16.8 Å². The smallest absolute Gasteiger partial charge is 0.337 e. The standard InChI is InChI=1S/C14H11FN2O3/c1-17(11-5-3-2-4-10(11)14(19)20)13(18)9-6-7-16-12(15)8-9/h2-8H,1H3,(H,19,20). The molecular weight excluding hydrogens is 263 g/mol. The molecule has 1 aromatic heterocycles. The van der Waals surface area contributed by atoms with Crippen LogP contribution in [0.15, 0.2) is 42.6 Å². The summed E-state index contributed by atoms with van der Waals surface area (Å²) in [5, 5.41) is 9.10. The molecule has 6 heteroatoms. The molecule has 0 atom stereocenters. The summed E-state index contributed by atoms with van der Waals surface area (Å²) >= 11 is 0. The summed E-state index contributed by atoms with van der Waals surface area (Å²) in [7, 11) is 1.43. The number of pyridine rings is 1. The number of carboxylic acids is 1. The molecule has 2 rings (SSSR count). The number of carboxylic acid groups (broad SMARTS) is 1. The van der Waals surface area contributed by atoms with Gasteiger partial charge < -0.3 is 10.0 Å². The Morgan fingerprint density at radius 1 is 1.25 bits per heavy atom. The third-order valence-corrected chi connectivity index (χ3v) is 2.77. The van der Waals surface area contributed by atoms with Gasteiger partial charge in [-0.15, -0.1) is 0 Å². The van der Waals surface area contributed by atoms with Crippen molar-refractivity contribution in [1.82, 2.24) is 4.98 Å². The third kappa shape index (κ3) is 2.64. The lowest BCUT2D eigenvalue weighted by Crippen LogP contribution is -2.28. The molecule has 0 saturated heterocycles. The Bertz CT molecular complexity index is 673. The zero-order chi connectivity index (χ0) is 14.7. The molecule has 0 bridgehead atoms. The van der Waals surface area contributed by atoms with Crippen molar-refractivity contribution in [3.8, 4) is 0 Å². The number of amides is 1.